The Labute approximate surface area is 92.6 Å². The molecule has 0 N–H and O–H groups in total. The van der Waals surface area contributed by atoms with Crippen LogP contribution in [-0.4, -0.2) is 12.3 Å². The number of hydrogen-bond donors (Lipinski definition) is 0. The second-order valence-corrected chi connectivity index (χ2v) is 3.86. The smallest absolute Gasteiger partial charge is 0.431 e. The lowest BCUT2D eigenvalue weighted by atomic mass is 10.00. The van der Waals surface area contributed by atoms with E-state index in [9.17, 15) is 9.36 Å². The Bertz CT molecular complexity index is 196. The zero-order chi connectivity index (χ0) is 11.7. The minimum atomic E-state index is -0.894. The van der Waals surface area contributed by atoms with Crippen LogP contribution in [0.4, 0.5) is 0 Å². The number of hydrogen-bond acceptors (Lipinski definition) is 4. The molecule has 0 radical (unpaired) electrons. The highest BCUT2D eigenvalue weighted by Gasteiger charge is 2.21. The summed E-state index contributed by atoms with van der Waals surface area (Å²) in [5.41, 5.74) is 0. The molecule has 5 heteroatoms. The van der Waals surface area contributed by atoms with Gasteiger partial charge in [0.25, 0.3) is 6.29 Å². The lowest BCUT2D eigenvalue weighted by Crippen LogP contribution is -2.22. The monoisotopic (exact) mass is 235 g/mol. The molecule has 0 aromatic carbocycles. The Kier molecular flexibility index (Phi) is 8.53. The fourth-order valence-corrected chi connectivity index (χ4v) is 1.47. The molecule has 3 unspecified atom stereocenters. The number of carbonyl (C=O) groups excluding carboxylic acids is 1. The number of rotatable bonds is 8. The van der Waals surface area contributed by atoms with Crippen LogP contribution in [-0.2, 0) is 18.6 Å². The second kappa shape index (κ2) is 8.81. The van der Waals surface area contributed by atoms with Crippen molar-refractivity contribution in [1.29, 1.82) is 0 Å². The highest BCUT2D eigenvalue weighted by molar-refractivity contribution is 7.17. The third-order valence-electron chi connectivity index (χ3n) is 2.23. The highest BCUT2D eigenvalue weighted by Crippen LogP contribution is 2.16. The molecule has 0 rings (SSSR count). The van der Waals surface area contributed by atoms with Crippen LogP contribution >= 0.6 is 8.69 Å². The Morgan fingerprint density at radius 1 is 1.40 bits per heavy atom. The molecular weight excluding hydrogens is 215 g/mol. The molecule has 3 atom stereocenters. The predicted molar refractivity (Wildman–Crippen MR) is 58.9 cm³/mol. The molecule has 0 spiro atoms. The Morgan fingerprint density at radius 2 is 2.07 bits per heavy atom. The second-order valence-electron chi connectivity index (χ2n) is 3.45. The molecule has 0 fully saturated rings. The first kappa shape index (κ1) is 14.5. The van der Waals surface area contributed by atoms with Crippen LogP contribution in [0.3, 0.4) is 0 Å². The molecule has 4 nitrogen and oxygen atoms in total. The average Bonchev–Trinajstić information content (AvgIpc) is 2.19. The largest absolute Gasteiger partial charge is 0.498 e. The van der Waals surface area contributed by atoms with E-state index in [0.29, 0.717) is 0 Å². The summed E-state index contributed by atoms with van der Waals surface area (Å²) in [7, 11) is -0.894. The molecule has 0 bridgehead atoms. The first-order chi connectivity index (χ1) is 7.15. The first-order valence-corrected chi connectivity index (χ1v) is 6.20. The lowest BCUT2D eigenvalue weighted by molar-refractivity contribution is -0.165. The molecule has 15 heavy (non-hydrogen) atoms. The van der Waals surface area contributed by atoms with E-state index in [2.05, 4.69) is 11.4 Å². The average molecular weight is 235 g/mol. The summed E-state index contributed by atoms with van der Waals surface area (Å²) < 4.78 is 19.8. The standard InChI is InChI=1S/C10H20O4P/c1-4-6-7-9(5-2)10(11)13-8(3)14-15-12/h8-9,15H,4-7H2,1-3H3/q+1. The fourth-order valence-electron chi connectivity index (χ4n) is 1.29. The van der Waals surface area contributed by atoms with Gasteiger partial charge in [-0.25, -0.2) is 0 Å². The lowest BCUT2D eigenvalue weighted by Gasteiger charge is -2.14. The van der Waals surface area contributed by atoms with Gasteiger partial charge in [0.05, 0.1) is 5.92 Å². The summed E-state index contributed by atoms with van der Waals surface area (Å²) in [6.07, 6.45) is 2.98. The van der Waals surface area contributed by atoms with E-state index >= 15 is 0 Å². The normalized spacial score (nSPS) is 14.9. The van der Waals surface area contributed by atoms with Crippen LogP contribution in [0, 0.1) is 5.92 Å². The van der Waals surface area contributed by atoms with Crippen molar-refractivity contribution < 1.29 is 18.6 Å². The van der Waals surface area contributed by atoms with Gasteiger partial charge in [0.15, 0.2) is 0 Å². The van der Waals surface area contributed by atoms with E-state index < -0.39 is 15.0 Å². The van der Waals surface area contributed by atoms with E-state index in [1.807, 2.05) is 6.92 Å². The van der Waals surface area contributed by atoms with Crippen molar-refractivity contribution in [2.75, 3.05) is 0 Å². The zero-order valence-electron chi connectivity index (χ0n) is 9.62. The van der Waals surface area contributed by atoms with Gasteiger partial charge in [-0.1, -0.05) is 26.7 Å². The van der Waals surface area contributed by atoms with Crippen LogP contribution in [0.1, 0.15) is 46.5 Å². The Hall–Kier alpha value is -0.470. The zero-order valence-corrected chi connectivity index (χ0v) is 10.6. The SMILES string of the molecule is CCCCC(CC)C(=O)OC(C)O[PH+]=O. The van der Waals surface area contributed by atoms with Crippen LogP contribution in [0.5, 0.6) is 0 Å². The molecule has 0 saturated heterocycles. The van der Waals surface area contributed by atoms with Gasteiger partial charge in [0, 0.05) is 6.92 Å². The fraction of sp³-hybridized carbons (Fsp3) is 0.900. The van der Waals surface area contributed by atoms with Crippen molar-refractivity contribution in [3.05, 3.63) is 0 Å². The first-order valence-electron chi connectivity index (χ1n) is 5.38. The van der Waals surface area contributed by atoms with Gasteiger partial charge < -0.3 is 4.74 Å². The van der Waals surface area contributed by atoms with Gasteiger partial charge in [-0.2, -0.15) is 0 Å². The van der Waals surface area contributed by atoms with Crippen molar-refractivity contribution in [2.45, 2.75) is 52.7 Å². The third-order valence-corrected chi connectivity index (χ3v) is 2.66. The van der Waals surface area contributed by atoms with Crippen molar-refractivity contribution in [1.82, 2.24) is 0 Å². The summed E-state index contributed by atoms with van der Waals surface area (Å²) in [5.74, 6) is -0.317. The summed E-state index contributed by atoms with van der Waals surface area (Å²) in [5, 5.41) is 0. The molecule has 0 aromatic rings. The maximum atomic E-state index is 11.6. The molecule has 0 heterocycles. The van der Waals surface area contributed by atoms with Crippen molar-refractivity contribution >= 4 is 14.7 Å². The van der Waals surface area contributed by atoms with E-state index in [0.717, 1.165) is 25.7 Å². The number of ether oxygens (including phenoxy) is 1. The summed E-state index contributed by atoms with van der Waals surface area (Å²) in [4.78, 5) is 11.6. The number of unbranched alkanes of at least 4 members (excludes halogenated alkanes) is 1. The van der Waals surface area contributed by atoms with Gasteiger partial charge >= 0.3 is 14.7 Å². The van der Waals surface area contributed by atoms with E-state index in [1.165, 1.54) is 0 Å². The van der Waals surface area contributed by atoms with Crippen molar-refractivity contribution in [3.8, 4) is 0 Å². The molecule has 0 aliphatic rings. The van der Waals surface area contributed by atoms with Crippen LogP contribution in [0.2, 0.25) is 0 Å². The summed E-state index contributed by atoms with van der Waals surface area (Å²) >= 11 is 0. The number of carbonyl (C=O) groups is 1. The Balaban J connectivity index is 3.96. The maximum Gasteiger partial charge on any atom is 0.498 e. The quantitative estimate of drug-likeness (QED) is 0.368. The minimum absolute atomic E-state index is 0.0639. The summed E-state index contributed by atoms with van der Waals surface area (Å²) in [6.45, 7) is 5.61. The van der Waals surface area contributed by atoms with E-state index in [1.54, 1.807) is 6.92 Å². The van der Waals surface area contributed by atoms with Crippen LogP contribution in [0.15, 0.2) is 0 Å². The van der Waals surface area contributed by atoms with Crippen molar-refractivity contribution in [2.24, 2.45) is 5.92 Å². The van der Waals surface area contributed by atoms with Gasteiger partial charge in [0.2, 0.25) is 0 Å². The van der Waals surface area contributed by atoms with Gasteiger partial charge in [-0.15, -0.1) is 4.52 Å². The predicted octanol–water partition coefficient (Wildman–Crippen LogP) is 3.05. The van der Waals surface area contributed by atoms with Crippen molar-refractivity contribution in [3.63, 3.8) is 0 Å². The van der Waals surface area contributed by atoms with Crippen LogP contribution in [0.25, 0.3) is 0 Å². The molecule has 88 valence electrons. The molecule has 0 amide bonds. The highest BCUT2D eigenvalue weighted by atomic mass is 31.1. The Morgan fingerprint density at radius 3 is 2.53 bits per heavy atom. The summed E-state index contributed by atoms with van der Waals surface area (Å²) in [6, 6.07) is 0. The minimum Gasteiger partial charge on any atom is -0.431 e. The molecule has 0 aliphatic heterocycles. The van der Waals surface area contributed by atoms with Gasteiger partial charge in [-0.05, 0) is 17.4 Å². The molecule has 0 saturated carbocycles. The maximum absolute atomic E-state index is 11.6. The third kappa shape index (κ3) is 6.58. The van der Waals surface area contributed by atoms with Gasteiger partial charge in [0.1, 0.15) is 0 Å². The topological polar surface area (TPSA) is 52.6 Å². The van der Waals surface area contributed by atoms with Gasteiger partial charge in [-0.3, -0.25) is 4.79 Å². The van der Waals surface area contributed by atoms with E-state index in [4.69, 9.17) is 4.74 Å². The number of esters is 1. The molecule has 0 aromatic heterocycles. The molecule has 0 aliphatic carbocycles. The van der Waals surface area contributed by atoms with Crippen LogP contribution < -0.4 is 0 Å². The van der Waals surface area contributed by atoms with E-state index in [-0.39, 0.29) is 11.9 Å². The molecular formula is C10H20O4P+.